The average molecular weight is 280 g/mol. The van der Waals surface area contributed by atoms with Gasteiger partial charge in [-0.05, 0) is 23.8 Å². The van der Waals surface area contributed by atoms with Crippen LogP contribution < -0.4 is 5.32 Å². The van der Waals surface area contributed by atoms with Gasteiger partial charge in [0, 0.05) is 23.7 Å². The van der Waals surface area contributed by atoms with E-state index < -0.39 is 6.10 Å². The molecule has 2 aromatic rings. The lowest BCUT2D eigenvalue weighted by atomic mass is 10.1. The molecule has 0 saturated heterocycles. The van der Waals surface area contributed by atoms with Crippen molar-refractivity contribution in [3.8, 4) is 0 Å². The van der Waals surface area contributed by atoms with Crippen LogP contribution in [0.3, 0.4) is 0 Å². The van der Waals surface area contributed by atoms with E-state index in [0.29, 0.717) is 23.7 Å². The van der Waals surface area contributed by atoms with Gasteiger partial charge in [-0.1, -0.05) is 41.9 Å². The number of aliphatic hydroxyl groups excluding tert-OH is 1. The number of nitrogens with one attached hydrogen (secondary N) is 1. The number of aliphatic hydroxyl groups is 1. The van der Waals surface area contributed by atoms with Crippen molar-refractivity contribution in [3.05, 3.63) is 70.5 Å². The van der Waals surface area contributed by atoms with Crippen LogP contribution in [0.5, 0.6) is 0 Å². The molecule has 0 aliphatic carbocycles. The highest BCUT2D eigenvalue weighted by Gasteiger charge is 2.07. The van der Waals surface area contributed by atoms with Gasteiger partial charge in [0.15, 0.2) is 0 Å². The van der Waals surface area contributed by atoms with Crippen LogP contribution in [0, 0.1) is 5.82 Å². The van der Waals surface area contributed by atoms with Crippen molar-refractivity contribution >= 4 is 11.6 Å². The Morgan fingerprint density at radius 2 is 1.79 bits per heavy atom. The van der Waals surface area contributed by atoms with E-state index in [2.05, 4.69) is 5.32 Å². The topological polar surface area (TPSA) is 32.3 Å². The first-order valence-corrected chi connectivity index (χ1v) is 6.42. The van der Waals surface area contributed by atoms with E-state index in [9.17, 15) is 9.50 Å². The van der Waals surface area contributed by atoms with Crippen molar-refractivity contribution in [1.29, 1.82) is 0 Å². The summed E-state index contributed by atoms with van der Waals surface area (Å²) < 4.78 is 13.4. The highest BCUT2D eigenvalue weighted by molar-refractivity contribution is 6.30. The second-order valence-corrected chi connectivity index (χ2v) is 4.73. The zero-order chi connectivity index (χ0) is 13.7. The maximum absolute atomic E-state index is 13.4. The minimum absolute atomic E-state index is 0.240. The molecule has 0 aliphatic heterocycles. The third-order valence-electron chi connectivity index (χ3n) is 2.87. The molecule has 2 N–H and O–H groups in total. The molecule has 19 heavy (non-hydrogen) atoms. The van der Waals surface area contributed by atoms with Crippen molar-refractivity contribution in [2.75, 3.05) is 6.54 Å². The van der Waals surface area contributed by atoms with Gasteiger partial charge in [0.2, 0.25) is 0 Å². The van der Waals surface area contributed by atoms with E-state index in [1.54, 1.807) is 42.5 Å². The van der Waals surface area contributed by atoms with Crippen LogP contribution in [0.15, 0.2) is 48.5 Å². The first kappa shape index (κ1) is 14.0. The Balaban J connectivity index is 1.86. The van der Waals surface area contributed by atoms with Gasteiger partial charge in [0.05, 0.1) is 6.10 Å². The lowest BCUT2D eigenvalue weighted by Crippen LogP contribution is -2.21. The molecular weight excluding hydrogens is 265 g/mol. The van der Waals surface area contributed by atoms with Gasteiger partial charge in [-0.25, -0.2) is 4.39 Å². The van der Waals surface area contributed by atoms with Crippen molar-refractivity contribution in [2.45, 2.75) is 12.6 Å². The smallest absolute Gasteiger partial charge is 0.127 e. The Bertz CT molecular complexity index is 530. The Morgan fingerprint density at radius 1 is 1.11 bits per heavy atom. The van der Waals surface area contributed by atoms with Gasteiger partial charge in [0.1, 0.15) is 5.82 Å². The molecule has 0 amide bonds. The molecule has 2 nitrogen and oxygen atoms in total. The second kappa shape index (κ2) is 6.66. The molecule has 1 atom stereocenters. The first-order chi connectivity index (χ1) is 9.16. The molecule has 100 valence electrons. The predicted octanol–water partition coefficient (Wildman–Crippen LogP) is 3.30. The van der Waals surface area contributed by atoms with Crippen LogP contribution in [-0.4, -0.2) is 11.7 Å². The summed E-state index contributed by atoms with van der Waals surface area (Å²) in [6.07, 6.45) is -0.635. The molecule has 4 heteroatoms. The highest BCUT2D eigenvalue weighted by atomic mass is 35.5. The summed E-state index contributed by atoms with van der Waals surface area (Å²) >= 11 is 5.78. The SMILES string of the molecule is OC(CNCc1ccccc1F)c1ccc(Cl)cc1. The molecule has 0 radical (unpaired) electrons. The van der Waals surface area contributed by atoms with E-state index in [-0.39, 0.29) is 5.82 Å². The Morgan fingerprint density at radius 3 is 2.47 bits per heavy atom. The molecule has 0 spiro atoms. The zero-order valence-corrected chi connectivity index (χ0v) is 11.1. The van der Waals surface area contributed by atoms with Crippen molar-refractivity contribution in [1.82, 2.24) is 5.32 Å². The van der Waals surface area contributed by atoms with Crippen LogP contribution in [-0.2, 0) is 6.54 Å². The highest BCUT2D eigenvalue weighted by Crippen LogP contribution is 2.16. The van der Waals surface area contributed by atoms with Gasteiger partial charge in [-0.15, -0.1) is 0 Å². The van der Waals surface area contributed by atoms with Crippen LogP contribution in [0.4, 0.5) is 4.39 Å². The van der Waals surface area contributed by atoms with E-state index in [1.165, 1.54) is 6.07 Å². The minimum Gasteiger partial charge on any atom is -0.387 e. The third-order valence-corrected chi connectivity index (χ3v) is 3.12. The van der Waals surface area contributed by atoms with Crippen LogP contribution >= 0.6 is 11.6 Å². The minimum atomic E-state index is -0.635. The number of hydrogen-bond donors (Lipinski definition) is 2. The average Bonchev–Trinajstić information content (AvgIpc) is 2.41. The first-order valence-electron chi connectivity index (χ1n) is 6.04. The lowest BCUT2D eigenvalue weighted by Gasteiger charge is -2.12. The van der Waals surface area contributed by atoms with Crippen LogP contribution in [0.2, 0.25) is 5.02 Å². The quantitative estimate of drug-likeness (QED) is 0.880. The standard InChI is InChI=1S/C15H15ClFNO/c16-13-7-5-11(6-8-13)15(19)10-18-9-12-3-1-2-4-14(12)17/h1-8,15,18-19H,9-10H2. The van der Waals surface area contributed by atoms with E-state index in [0.717, 1.165) is 5.56 Å². The summed E-state index contributed by atoms with van der Waals surface area (Å²) in [6.45, 7) is 0.743. The Labute approximate surface area is 116 Å². The summed E-state index contributed by atoms with van der Waals surface area (Å²) in [5.41, 5.74) is 1.37. The monoisotopic (exact) mass is 279 g/mol. The molecule has 0 heterocycles. The molecule has 0 fully saturated rings. The molecule has 1 unspecified atom stereocenters. The Hall–Kier alpha value is -1.42. The summed E-state index contributed by atoms with van der Waals surface area (Å²) in [5, 5.41) is 13.6. The lowest BCUT2D eigenvalue weighted by molar-refractivity contribution is 0.174. The number of halogens is 2. The van der Waals surface area contributed by atoms with Gasteiger partial charge in [-0.3, -0.25) is 0 Å². The molecule has 0 aromatic heterocycles. The fourth-order valence-corrected chi connectivity index (χ4v) is 1.91. The van der Waals surface area contributed by atoms with Crippen molar-refractivity contribution in [3.63, 3.8) is 0 Å². The maximum Gasteiger partial charge on any atom is 0.127 e. The normalized spacial score (nSPS) is 12.4. The summed E-state index contributed by atoms with van der Waals surface area (Å²) in [5.74, 6) is -0.240. The van der Waals surface area contributed by atoms with Crippen molar-refractivity contribution in [2.24, 2.45) is 0 Å². The molecule has 2 aromatic carbocycles. The van der Waals surface area contributed by atoms with E-state index in [1.807, 2.05) is 0 Å². The number of benzene rings is 2. The fourth-order valence-electron chi connectivity index (χ4n) is 1.79. The Kier molecular flexibility index (Phi) is 4.91. The van der Waals surface area contributed by atoms with Gasteiger partial charge >= 0.3 is 0 Å². The maximum atomic E-state index is 13.4. The predicted molar refractivity (Wildman–Crippen MR) is 74.5 cm³/mol. The van der Waals surface area contributed by atoms with Crippen molar-refractivity contribution < 1.29 is 9.50 Å². The number of rotatable bonds is 5. The van der Waals surface area contributed by atoms with Gasteiger partial charge < -0.3 is 10.4 Å². The molecule has 0 saturated carbocycles. The molecular formula is C15H15ClFNO. The zero-order valence-electron chi connectivity index (χ0n) is 10.3. The van der Waals surface area contributed by atoms with Gasteiger partial charge in [-0.2, -0.15) is 0 Å². The fraction of sp³-hybridized carbons (Fsp3) is 0.200. The molecule has 0 bridgehead atoms. The van der Waals surface area contributed by atoms with Crippen LogP contribution in [0.1, 0.15) is 17.2 Å². The van der Waals surface area contributed by atoms with Crippen LogP contribution in [0.25, 0.3) is 0 Å². The summed E-state index contributed by atoms with van der Waals surface area (Å²) in [4.78, 5) is 0. The largest absolute Gasteiger partial charge is 0.387 e. The summed E-state index contributed by atoms with van der Waals surface area (Å²) in [6, 6.07) is 13.6. The number of hydrogen-bond acceptors (Lipinski definition) is 2. The van der Waals surface area contributed by atoms with E-state index >= 15 is 0 Å². The second-order valence-electron chi connectivity index (χ2n) is 4.29. The summed E-state index contributed by atoms with van der Waals surface area (Å²) in [7, 11) is 0. The molecule has 0 aliphatic rings. The van der Waals surface area contributed by atoms with E-state index in [4.69, 9.17) is 11.6 Å². The molecule has 2 rings (SSSR count). The van der Waals surface area contributed by atoms with Gasteiger partial charge in [0.25, 0.3) is 0 Å². The third kappa shape index (κ3) is 4.03.